The molecule has 2 fully saturated rings. The van der Waals surface area contributed by atoms with E-state index in [1.807, 2.05) is 0 Å². The number of morpholine rings is 2. The summed E-state index contributed by atoms with van der Waals surface area (Å²) in [6.07, 6.45) is -2.16. The zero-order valence-electron chi connectivity index (χ0n) is 34.0. The van der Waals surface area contributed by atoms with E-state index in [-0.39, 0.29) is 42.2 Å². The molecule has 2 heterocycles. The van der Waals surface area contributed by atoms with Crippen molar-refractivity contribution in [1.29, 1.82) is 0 Å². The number of aliphatic hydroxyl groups is 2. The highest BCUT2D eigenvalue weighted by Gasteiger charge is 2.46. The minimum atomic E-state index is -4.03. The maximum absolute atomic E-state index is 13.2. The average molecular weight is 852 g/mol. The van der Waals surface area contributed by atoms with Gasteiger partial charge in [-0.05, 0) is 104 Å². The van der Waals surface area contributed by atoms with E-state index >= 15 is 0 Å². The van der Waals surface area contributed by atoms with Crippen LogP contribution in [-0.4, -0.2) is 134 Å². The first-order valence-electron chi connectivity index (χ1n) is 18.2. The van der Waals surface area contributed by atoms with Crippen molar-refractivity contribution in [1.82, 2.24) is 14.1 Å². The van der Waals surface area contributed by atoms with Crippen LogP contribution < -0.4 is 15.0 Å². The number of hydrogen-bond donors (Lipinski definition) is 4. The summed E-state index contributed by atoms with van der Waals surface area (Å²) in [4.78, 5) is 24.2. The van der Waals surface area contributed by atoms with E-state index in [4.69, 9.17) is 28.9 Å². The number of carbonyl (C=O) groups excluding carboxylic acids is 2. The molecule has 0 saturated carbocycles. The molecule has 19 heteroatoms. The van der Waals surface area contributed by atoms with E-state index in [1.54, 1.807) is 55.4 Å². The van der Waals surface area contributed by atoms with Crippen LogP contribution in [0.3, 0.4) is 0 Å². The number of amides is 1. The Hall–Kier alpha value is -4.28. The third kappa shape index (κ3) is 13.4. The van der Waals surface area contributed by atoms with Crippen molar-refractivity contribution in [2.24, 2.45) is 0 Å². The summed E-state index contributed by atoms with van der Waals surface area (Å²) < 4.78 is 81.5. The van der Waals surface area contributed by atoms with E-state index < -0.39 is 73.5 Å². The number of hydroxylamine groups is 1. The fraction of sp³-hybridized carbons (Fsp3) is 0.538. The number of carbonyl (C=O) groups is 2. The highest BCUT2D eigenvalue weighted by molar-refractivity contribution is 7.89. The fourth-order valence-corrected chi connectivity index (χ4v) is 9.37. The molecule has 0 aromatic heterocycles. The van der Waals surface area contributed by atoms with Gasteiger partial charge in [0.05, 0.1) is 41.3 Å². The van der Waals surface area contributed by atoms with Crippen LogP contribution in [-0.2, 0) is 43.8 Å². The number of benzene rings is 2. The number of sulfonamides is 2. The molecule has 320 valence electrons. The topological polar surface area (TPSA) is 228 Å². The molecule has 1 amide bonds. The van der Waals surface area contributed by atoms with Gasteiger partial charge in [0.15, 0.2) is 0 Å². The van der Waals surface area contributed by atoms with Gasteiger partial charge in [0, 0.05) is 13.1 Å². The Kier molecular flexibility index (Phi) is 16.7. The SMILES string of the molecule is CC1CN(S(=O)(=O)c2ccc(OCC#CC(C)(C)O)cc2)C(C(=O)NO)C(C)O1.COC(=O)C1C(C)OC(C)CN1S(=O)(=O)c1ccc(OCC#CC(C)(C)O)cc1. The molecular formula is C39H53N3O14S2. The summed E-state index contributed by atoms with van der Waals surface area (Å²) >= 11 is 0. The second-order valence-corrected chi connectivity index (χ2v) is 18.4. The number of nitrogens with zero attached hydrogens (tertiary/aromatic N) is 2. The Labute approximate surface area is 340 Å². The predicted octanol–water partition coefficient (Wildman–Crippen LogP) is 1.69. The molecule has 17 nitrogen and oxygen atoms in total. The second-order valence-electron chi connectivity index (χ2n) is 14.6. The van der Waals surface area contributed by atoms with E-state index in [0.29, 0.717) is 11.5 Å². The first kappa shape index (κ1) is 48.1. The van der Waals surface area contributed by atoms with Gasteiger partial charge in [0.25, 0.3) is 5.91 Å². The largest absolute Gasteiger partial charge is 0.481 e. The number of nitrogens with one attached hydrogen (secondary N) is 1. The maximum Gasteiger partial charge on any atom is 0.326 e. The maximum atomic E-state index is 13.2. The van der Waals surface area contributed by atoms with Crippen LogP contribution in [0.1, 0.15) is 55.4 Å². The fourth-order valence-electron chi connectivity index (χ4n) is 5.94. The smallest absolute Gasteiger partial charge is 0.326 e. The molecule has 6 atom stereocenters. The zero-order valence-corrected chi connectivity index (χ0v) is 35.6. The number of hydrogen-bond acceptors (Lipinski definition) is 14. The Balaban J connectivity index is 0.000000310. The minimum Gasteiger partial charge on any atom is -0.481 e. The average Bonchev–Trinajstić information content (AvgIpc) is 3.14. The molecule has 2 aromatic rings. The van der Waals surface area contributed by atoms with Crippen LogP contribution in [0, 0.1) is 23.7 Å². The van der Waals surface area contributed by atoms with Gasteiger partial charge in [-0.2, -0.15) is 8.61 Å². The molecule has 4 N–H and O–H groups in total. The van der Waals surface area contributed by atoms with Gasteiger partial charge in [-0.15, -0.1) is 0 Å². The molecule has 2 aliphatic heterocycles. The molecule has 0 aliphatic carbocycles. The Morgan fingerprint density at radius 3 is 1.43 bits per heavy atom. The molecule has 2 saturated heterocycles. The second kappa shape index (κ2) is 20.1. The lowest BCUT2D eigenvalue weighted by Crippen LogP contribution is -2.60. The summed E-state index contributed by atoms with van der Waals surface area (Å²) in [7, 11) is -6.77. The molecule has 4 rings (SSSR count). The quantitative estimate of drug-likeness (QED) is 0.116. The lowest BCUT2D eigenvalue weighted by atomic mass is 10.1. The highest BCUT2D eigenvalue weighted by atomic mass is 32.2. The van der Waals surface area contributed by atoms with Crippen molar-refractivity contribution < 1.29 is 65.5 Å². The summed E-state index contributed by atoms with van der Waals surface area (Å²) in [5.74, 6) is 9.90. The van der Waals surface area contributed by atoms with Gasteiger partial charge in [-0.1, -0.05) is 23.7 Å². The molecule has 6 unspecified atom stereocenters. The van der Waals surface area contributed by atoms with Gasteiger partial charge in [0.1, 0.15) is 48.0 Å². The zero-order chi connectivity index (χ0) is 43.6. The summed E-state index contributed by atoms with van der Waals surface area (Å²) in [5.41, 5.74) is -0.721. The molecular weight excluding hydrogens is 799 g/mol. The summed E-state index contributed by atoms with van der Waals surface area (Å²) in [6.45, 7) is 13.0. The van der Waals surface area contributed by atoms with Crippen molar-refractivity contribution >= 4 is 31.9 Å². The lowest BCUT2D eigenvalue weighted by Gasteiger charge is -2.40. The monoisotopic (exact) mass is 851 g/mol. The van der Waals surface area contributed by atoms with Gasteiger partial charge in [-0.25, -0.2) is 22.3 Å². The van der Waals surface area contributed by atoms with Crippen LogP contribution in [0.25, 0.3) is 0 Å². The number of rotatable bonds is 10. The lowest BCUT2D eigenvalue weighted by molar-refractivity contribution is -0.158. The molecule has 0 radical (unpaired) electrons. The molecule has 2 aromatic carbocycles. The van der Waals surface area contributed by atoms with Crippen LogP contribution in [0.2, 0.25) is 0 Å². The van der Waals surface area contributed by atoms with Crippen LogP contribution in [0.5, 0.6) is 11.5 Å². The van der Waals surface area contributed by atoms with Crippen molar-refractivity contribution in [3.05, 3.63) is 48.5 Å². The normalized spacial score (nSPS) is 23.0. The Morgan fingerprint density at radius 2 is 1.09 bits per heavy atom. The molecule has 58 heavy (non-hydrogen) atoms. The minimum absolute atomic E-state index is 0.0236. The standard InChI is InChI=1S/C20H27NO7S.C19H26N2O7S/c1-14-13-21(18(15(2)28-14)19(22)26-5)29(24,25)17-9-7-16(8-10-17)27-12-6-11-20(3,4)23;1-13-12-21(17(14(2)28-13)18(22)20-24)29(25,26)16-8-6-15(7-9-16)27-11-5-10-19(3,4)23/h7-10,14-15,18,23H,12-13H2,1-5H3;6-9,13-14,17,23-24H,11-12H2,1-4H3,(H,20,22). The van der Waals surface area contributed by atoms with E-state index in [2.05, 4.69) is 23.7 Å². The van der Waals surface area contributed by atoms with Gasteiger partial charge in [0.2, 0.25) is 20.0 Å². The molecule has 0 spiro atoms. The van der Waals surface area contributed by atoms with Crippen LogP contribution in [0.15, 0.2) is 58.3 Å². The van der Waals surface area contributed by atoms with Gasteiger partial charge >= 0.3 is 5.97 Å². The first-order valence-corrected chi connectivity index (χ1v) is 21.1. The molecule has 2 aliphatic rings. The van der Waals surface area contributed by atoms with E-state index in [9.17, 15) is 36.6 Å². The van der Waals surface area contributed by atoms with Crippen molar-refractivity contribution in [3.63, 3.8) is 0 Å². The summed E-state index contributed by atoms with van der Waals surface area (Å²) in [6, 6.07) is 9.28. The van der Waals surface area contributed by atoms with Crippen LogP contribution >= 0.6 is 0 Å². The Bertz CT molecular complexity index is 1910. The van der Waals surface area contributed by atoms with Crippen molar-refractivity contribution in [2.75, 3.05) is 33.4 Å². The molecule has 0 bridgehead atoms. The number of esters is 1. The van der Waals surface area contributed by atoms with Crippen molar-refractivity contribution in [3.8, 4) is 35.2 Å². The van der Waals surface area contributed by atoms with Crippen LogP contribution in [0.4, 0.5) is 0 Å². The van der Waals surface area contributed by atoms with E-state index in [1.165, 1.54) is 61.1 Å². The highest BCUT2D eigenvalue weighted by Crippen LogP contribution is 2.29. The third-order valence-corrected chi connectivity index (χ3v) is 12.1. The summed E-state index contributed by atoms with van der Waals surface area (Å²) in [5, 5.41) is 28.1. The van der Waals surface area contributed by atoms with Crippen molar-refractivity contribution in [2.45, 2.75) is 113 Å². The third-order valence-electron chi connectivity index (χ3n) is 8.37. The predicted molar refractivity (Wildman–Crippen MR) is 209 cm³/mol. The Morgan fingerprint density at radius 1 is 0.724 bits per heavy atom. The van der Waals surface area contributed by atoms with E-state index in [0.717, 1.165) is 8.61 Å². The first-order chi connectivity index (χ1) is 26.9. The van der Waals surface area contributed by atoms with Gasteiger partial charge < -0.3 is 33.9 Å². The van der Waals surface area contributed by atoms with Gasteiger partial charge in [-0.3, -0.25) is 14.8 Å². The number of ether oxygens (including phenoxy) is 5. The number of methoxy groups -OCH3 is 1.